The maximum Gasteiger partial charge on any atom is 0.0252 e. The van der Waals surface area contributed by atoms with Crippen LogP contribution in [0.5, 0.6) is 0 Å². The number of likely N-dealkylation sites (tertiary alicyclic amines) is 1. The SMILES string of the molecule is CCC(C)(N)CN1CCC(C(C)C)CC1. The van der Waals surface area contributed by atoms with E-state index in [1.807, 2.05) is 0 Å². The van der Waals surface area contributed by atoms with Crippen molar-refractivity contribution in [2.24, 2.45) is 17.6 Å². The fourth-order valence-corrected chi connectivity index (χ4v) is 2.40. The average Bonchev–Trinajstić information content (AvgIpc) is 2.18. The van der Waals surface area contributed by atoms with E-state index in [9.17, 15) is 0 Å². The molecule has 1 fully saturated rings. The number of nitrogens with two attached hydrogens (primary N) is 1. The van der Waals surface area contributed by atoms with Crippen LogP contribution < -0.4 is 5.73 Å². The first-order valence-electron chi connectivity index (χ1n) is 6.46. The number of nitrogens with zero attached hydrogens (tertiary/aromatic N) is 1. The lowest BCUT2D eigenvalue weighted by atomic mass is 9.86. The molecule has 0 radical (unpaired) electrons. The summed E-state index contributed by atoms with van der Waals surface area (Å²) in [6.07, 6.45) is 3.78. The van der Waals surface area contributed by atoms with Crippen LogP contribution in [0.15, 0.2) is 0 Å². The Labute approximate surface area is 95.2 Å². The number of piperidine rings is 1. The van der Waals surface area contributed by atoms with E-state index >= 15 is 0 Å². The lowest BCUT2D eigenvalue weighted by Crippen LogP contribution is -2.49. The maximum absolute atomic E-state index is 6.20. The van der Waals surface area contributed by atoms with Crippen molar-refractivity contribution in [3.63, 3.8) is 0 Å². The van der Waals surface area contributed by atoms with Gasteiger partial charge in [-0.3, -0.25) is 0 Å². The van der Waals surface area contributed by atoms with Crippen LogP contribution in [-0.4, -0.2) is 30.1 Å². The molecule has 0 aromatic heterocycles. The van der Waals surface area contributed by atoms with Crippen molar-refractivity contribution >= 4 is 0 Å². The molecular weight excluding hydrogens is 184 g/mol. The van der Waals surface area contributed by atoms with Gasteiger partial charge >= 0.3 is 0 Å². The largest absolute Gasteiger partial charge is 0.324 e. The zero-order valence-corrected chi connectivity index (χ0v) is 10.9. The second kappa shape index (κ2) is 5.31. The summed E-state index contributed by atoms with van der Waals surface area (Å²) in [6.45, 7) is 12.6. The van der Waals surface area contributed by atoms with Crippen molar-refractivity contribution in [3.8, 4) is 0 Å². The van der Waals surface area contributed by atoms with E-state index in [4.69, 9.17) is 5.73 Å². The van der Waals surface area contributed by atoms with Crippen LogP contribution >= 0.6 is 0 Å². The first-order chi connectivity index (χ1) is 6.94. The van der Waals surface area contributed by atoms with E-state index in [0.29, 0.717) is 0 Å². The molecule has 0 amide bonds. The summed E-state index contributed by atoms with van der Waals surface area (Å²) in [5.74, 6) is 1.79. The molecule has 1 rings (SSSR count). The van der Waals surface area contributed by atoms with E-state index in [1.54, 1.807) is 0 Å². The number of rotatable bonds is 4. The molecule has 1 unspecified atom stereocenters. The van der Waals surface area contributed by atoms with E-state index in [0.717, 1.165) is 24.8 Å². The van der Waals surface area contributed by atoms with Crippen LogP contribution in [0.3, 0.4) is 0 Å². The molecule has 1 saturated heterocycles. The highest BCUT2D eigenvalue weighted by Gasteiger charge is 2.25. The van der Waals surface area contributed by atoms with Gasteiger partial charge in [0.2, 0.25) is 0 Å². The third-order valence-electron chi connectivity index (χ3n) is 3.97. The molecule has 0 saturated carbocycles. The highest BCUT2D eigenvalue weighted by Crippen LogP contribution is 2.25. The van der Waals surface area contributed by atoms with E-state index in [-0.39, 0.29) is 5.54 Å². The predicted octanol–water partition coefficient (Wildman–Crippen LogP) is 2.48. The second-order valence-electron chi connectivity index (χ2n) is 5.87. The smallest absolute Gasteiger partial charge is 0.0252 e. The van der Waals surface area contributed by atoms with Crippen molar-refractivity contribution in [2.45, 2.75) is 52.5 Å². The van der Waals surface area contributed by atoms with Gasteiger partial charge in [-0.25, -0.2) is 0 Å². The van der Waals surface area contributed by atoms with Crippen LogP contribution in [0.25, 0.3) is 0 Å². The molecular formula is C13H28N2. The van der Waals surface area contributed by atoms with Crippen LogP contribution in [0, 0.1) is 11.8 Å². The Morgan fingerprint density at radius 2 is 1.87 bits per heavy atom. The minimum atomic E-state index is 0.00463. The quantitative estimate of drug-likeness (QED) is 0.776. The molecule has 0 aromatic rings. The molecule has 0 spiro atoms. The van der Waals surface area contributed by atoms with Gasteiger partial charge in [-0.2, -0.15) is 0 Å². The van der Waals surface area contributed by atoms with Gasteiger partial charge in [-0.05, 0) is 51.1 Å². The van der Waals surface area contributed by atoms with Gasteiger partial charge in [0, 0.05) is 12.1 Å². The zero-order valence-electron chi connectivity index (χ0n) is 10.9. The summed E-state index contributed by atoms with van der Waals surface area (Å²) in [7, 11) is 0. The van der Waals surface area contributed by atoms with Crippen LogP contribution in [0.4, 0.5) is 0 Å². The molecule has 2 nitrogen and oxygen atoms in total. The topological polar surface area (TPSA) is 29.3 Å². The molecule has 0 bridgehead atoms. The van der Waals surface area contributed by atoms with Crippen molar-refractivity contribution in [3.05, 3.63) is 0 Å². The molecule has 0 aliphatic carbocycles. The summed E-state index contributed by atoms with van der Waals surface area (Å²) in [5.41, 5.74) is 6.20. The van der Waals surface area contributed by atoms with Crippen LogP contribution in [0.2, 0.25) is 0 Å². The van der Waals surface area contributed by atoms with Gasteiger partial charge in [0.15, 0.2) is 0 Å². The Kier molecular flexibility index (Phi) is 4.60. The van der Waals surface area contributed by atoms with Gasteiger partial charge in [0.25, 0.3) is 0 Å². The highest BCUT2D eigenvalue weighted by molar-refractivity contribution is 4.84. The average molecular weight is 212 g/mol. The fraction of sp³-hybridized carbons (Fsp3) is 1.00. The summed E-state index contributed by atoms with van der Waals surface area (Å²) < 4.78 is 0. The Hall–Kier alpha value is -0.0800. The van der Waals surface area contributed by atoms with Crippen LogP contribution in [0.1, 0.15) is 47.0 Å². The van der Waals surface area contributed by atoms with Crippen molar-refractivity contribution in [1.82, 2.24) is 4.90 Å². The minimum absolute atomic E-state index is 0.00463. The van der Waals surface area contributed by atoms with E-state index < -0.39 is 0 Å². The van der Waals surface area contributed by atoms with Crippen molar-refractivity contribution < 1.29 is 0 Å². The van der Waals surface area contributed by atoms with Gasteiger partial charge in [-0.15, -0.1) is 0 Å². The van der Waals surface area contributed by atoms with Crippen molar-refractivity contribution in [2.75, 3.05) is 19.6 Å². The standard InChI is InChI=1S/C13H28N2/c1-5-13(4,14)10-15-8-6-12(7-9-15)11(2)3/h11-12H,5-10,14H2,1-4H3. The predicted molar refractivity (Wildman–Crippen MR) is 66.9 cm³/mol. The van der Waals surface area contributed by atoms with Gasteiger partial charge in [0.05, 0.1) is 0 Å². The van der Waals surface area contributed by atoms with Crippen molar-refractivity contribution in [1.29, 1.82) is 0 Å². The Morgan fingerprint density at radius 1 is 1.33 bits per heavy atom. The third-order valence-corrected chi connectivity index (χ3v) is 3.97. The molecule has 0 aromatic carbocycles. The molecule has 1 aliphatic rings. The summed E-state index contributed by atoms with van der Waals surface area (Å²) in [6, 6.07) is 0. The third kappa shape index (κ3) is 4.12. The lowest BCUT2D eigenvalue weighted by molar-refractivity contribution is 0.132. The molecule has 2 heteroatoms. The monoisotopic (exact) mass is 212 g/mol. The van der Waals surface area contributed by atoms with E-state index in [2.05, 4.69) is 32.6 Å². The molecule has 1 atom stereocenters. The molecule has 2 N–H and O–H groups in total. The highest BCUT2D eigenvalue weighted by atomic mass is 15.1. The maximum atomic E-state index is 6.20. The molecule has 1 heterocycles. The summed E-state index contributed by atoms with van der Waals surface area (Å²) in [4.78, 5) is 2.54. The van der Waals surface area contributed by atoms with Gasteiger partial charge in [0.1, 0.15) is 0 Å². The summed E-state index contributed by atoms with van der Waals surface area (Å²) in [5, 5.41) is 0. The molecule has 1 aliphatic heterocycles. The normalized spacial score (nSPS) is 24.4. The Balaban J connectivity index is 2.32. The lowest BCUT2D eigenvalue weighted by Gasteiger charge is -2.38. The van der Waals surface area contributed by atoms with Gasteiger partial charge < -0.3 is 10.6 Å². The minimum Gasteiger partial charge on any atom is -0.324 e. The summed E-state index contributed by atoms with van der Waals surface area (Å²) >= 11 is 0. The number of hydrogen-bond donors (Lipinski definition) is 1. The molecule has 15 heavy (non-hydrogen) atoms. The Morgan fingerprint density at radius 3 is 2.27 bits per heavy atom. The van der Waals surface area contributed by atoms with E-state index in [1.165, 1.54) is 25.9 Å². The fourth-order valence-electron chi connectivity index (χ4n) is 2.40. The second-order valence-corrected chi connectivity index (χ2v) is 5.87. The Bertz CT molecular complexity index is 179. The number of hydrogen-bond acceptors (Lipinski definition) is 2. The van der Waals surface area contributed by atoms with Crippen LogP contribution in [-0.2, 0) is 0 Å². The zero-order chi connectivity index (χ0) is 11.5. The van der Waals surface area contributed by atoms with Gasteiger partial charge in [-0.1, -0.05) is 20.8 Å². The first-order valence-corrected chi connectivity index (χ1v) is 6.46. The first kappa shape index (κ1) is 13.0. The molecule has 90 valence electrons.